The van der Waals surface area contributed by atoms with Gasteiger partial charge in [0.15, 0.2) is 0 Å². The summed E-state index contributed by atoms with van der Waals surface area (Å²) in [5, 5.41) is 6.46. The summed E-state index contributed by atoms with van der Waals surface area (Å²) in [6, 6.07) is 18.3. The fraction of sp³-hybridized carbons (Fsp3) is 0.310. The molecule has 176 valence electrons. The molecule has 1 aliphatic heterocycles. The highest BCUT2D eigenvalue weighted by molar-refractivity contribution is 5.93. The van der Waals surface area contributed by atoms with Gasteiger partial charge in [-0.05, 0) is 55.2 Å². The lowest BCUT2D eigenvalue weighted by Crippen LogP contribution is -2.45. The molecule has 5 nitrogen and oxygen atoms in total. The van der Waals surface area contributed by atoms with Gasteiger partial charge in [0.25, 0.3) is 0 Å². The summed E-state index contributed by atoms with van der Waals surface area (Å²) in [5.74, 6) is 0.578. The van der Waals surface area contributed by atoms with Gasteiger partial charge in [-0.15, -0.1) is 0 Å². The molecule has 1 amide bonds. The van der Waals surface area contributed by atoms with Crippen molar-refractivity contribution >= 4 is 34.2 Å². The van der Waals surface area contributed by atoms with Crippen molar-refractivity contribution in [3.63, 3.8) is 0 Å². The van der Waals surface area contributed by atoms with Gasteiger partial charge in [0.1, 0.15) is 5.75 Å². The second-order valence-electron chi connectivity index (χ2n) is 9.35. The first-order chi connectivity index (χ1) is 16.3. The number of nitrogens with zero attached hydrogens (tertiary/aromatic N) is 2. The predicted molar refractivity (Wildman–Crippen MR) is 142 cm³/mol. The molecule has 0 unspecified atom stereocenters. The van der Waals surface area contributed by atoms with Crippen molar-refractivity contribution in [3.8, 4) is 5.75 Å². The van der Waals surface area contributed by atoms with E-state index in [1.54, 1.807) is 13.3 Å². The number of anilines is 1. The maximum Gasteiger partial charge on any atom is 0.244 e. The van der Waals surface area contributed by atoms with Crippen LogP contribution in [0.4, 0.5) is 5.69 Å². The first-order valence-corrected chi connectivity index (χ1v) is 11.8. The van der Waals surface area contributed by atoms with Crippen molar-refractivity contribution in [2.75, 3.05) is 18.6 Å². The third-order valence-corrected chi connectivity index (χ3v) is 6.40. The Morgan fingerprint density at radius 1 is 1.15 bits per heavy atom. The second kappa shape index (κ2) is 9.72. The molecule has 1 N–H and O–H groups in total. The number of methoxy groups -OCH3 is 1. The van der Waals surface area contributed by atoms with E-state index in [1.807, 2.05) is 30.3 Å². The zero-order valence-electron chi connectivity index (χ0n) is 20.7. The molecular formula is C29H33N3O2. The number of hydrazone groups is 1. The molecule has 34 heavy (non-hydrogen) atoms. The number of allylic oxidation sites excluding steroid dienone is 1. The zero-order valence-corrected chi connectivity index (χ0v) is 20.7. The van der Waals surface area contributed by atoms with Crippen LogP contribution in [0, 0.1) is 0 Å². The first kappa shape index (κ1) is 23.6. The number of fused-ring (bicyclic) bond motifs is 2. The maximum atomic E-state index is 12.6. The fourth-order valence-corrected chi connectivity index (χ4v) is 4.86. The summed E-state index contributed by atoms with van der Waals surface area (Å²) in [7, 11) is 1.67. The van der Waals surface area contributed by atoms with E-state index in [1.165, 1.54) is 11.3 Å². The molecule has 3 aromatic rings. The molecule has 1 heterocycles. The molecular weight excluding hydrogens is 422 g/mol. The Morgan fingerprint density at radius 2 is 1.91 bits per heavy atom. The number of hydrogen-bond acceptors (Lipinski definition) is 4. The summed E-state index contributed by atoms with van der Waals surface area (Å²) >= 11 is 0. The maximum absolute atomic E-state index is 12.6. The summed E-state index contributed by atoms with van der Waals surface area (Å²) in [6.07, 6.45) is 5.30. The van der Waals surface area contributed by atoms with Crippen LogP contribution in [0.2, 0.25) is 0 Å². The molecule has 0 spiro atoms. The van der Waals surface area contributed by atoms with Gasteiger partial charge in [0.05, 0.1) is 25.3 Å². The topological polar surface area (TPSA) is 53.9 Å². The Morgan fingerprint density at radius 3 is 2.68 bits per heavy atom. The predicted octanol–water partition coefficient (Wildman–Crippen LogP) is 5.95. The van der Waals surface area contributed by atoms with E-state index in [-0.39, 0.29) is 17.9 Å². The van der Waals surface area contributed by atoms with Crippen LogP contribution in [0.5, 0.6) is 5.75 Å². The molecule has 0 aromatic heterocycles. The molecule has 0 aliphatic carbocycles. The van der Waals surface area contributed by atoms with Gasteiger partial charge in [0.2, 0.25) is 5.91 Å². The van der Waals surface area contributed by atoms with Crippen LogP contribution in [0.15, 0.2) is 65.8 Å². The summed E-state index contributed by atoms with van der Waals surface area (Å²) < 4.78 is 5.69. The Balaban J connectivity index is 1.55. The number of benzene rings is 3. The fourth-order valence-electron chi connectivity index (χ4n) is 4.86. The van der Waals surface area contributed by atoms with Crippen LogP contribution in [0.25, 0.3) is 16.3 Å². The molecule has 0 atom stereocenters. The standard InChI is InChI=1S/C29H33N3O2/c1-6-14-32-26-17-27(34-5)23(15-25(26)20(2)18-29(32,3)4)19-30-31-28(33)16-22-12-9-11-21-10-7-8-13-24(21)22/h7-13,15,17-19H,6,14,16H2,1-5H3,(H,31,33)/b30-19-. The number of amides is 1. The zero-order chi connectivity index (χ0) is 24.3. The van der Waals surface area contributed by atoms with Crippen molar-refractivity contribution < 1.29 is 9.53 Å². The molecule has 4 rings (SSSR count). The van der Waals surface area contributed by atoms with Crippen LogP contribution in [-0.4, -0.2) is 31.3 Å². The minimum atomic E-state index is -0.156. The Labute approximate surface area is 202 Å². The second-order valence-corrected chi connectivity index (χ2v) is 9.35. The lowest BCUT2D eigenvalue weighted by Gasteiger charge is -2.43. The highest BCUT2D eigenvalue weighted by Crippen LogP contribution is 2.41. The van der Waals surface area contributed by atoms with Crippen molar-refractivity contribution in [2.24, 2.45) is 5.10 Å². The molecule has 1 aliphatic rings. The van der Waals surface area contributed by atoms with Crippen molar-refractivity contribution in [2.45, 2.75) is 46.1 Å². The van der Waals surface area contributed by atoms with E-state index >= 15 is 0 Å². The number of rotatable bonds is 7. The summed E-state index contributed by atoms with van der Waals surface area (Å²) in [4.78, 5) is 15.0. The average molecular weight is 456 g/mol. The smallest absolute Gasteiger partial charge is 0.244 e. The molecule has 3 aromatic carbocycles. The van der Waals surface area contributed by atoms with Gasteiger partial charge in [-0.2, -0.15) is 5.10 Å². The molecule has 0 fully saturated rings. The van der Waals surface area contributed by atoms with Gasteiger partial charge in [-0.3, -0.25) is 4.79 Å². The van der Waals surface area contributed by atoms with Crippen molar-refractivity contribution in [1.29, 1.82) is 0 Å². The number of carbonyl (C=O) groups excluding carboxylic acids is 1. The van der Waals surface area contributed by atoms with Crippen LogP contribution in [-0.2, 0) is 11.2 Å². The van der Waals surface area contributed by atoms with E-state index in [0.717, 1.165) is 46.2 Å². The van der Waals surface area contributed by atoms with E-state index < -0.39 is 0 Å². The lowest BCUT2D eigenvalue weighted by atomic mass is 9.87. The molecule has 0 saturated heterocycles. The van der Waals surface area contributed by atoms with E-state index in [2.05, 4.69) is 73.5 Å². The Hall–Kier alpha value is -3.60. The van der Waals surface area contributed by atoms with Gasteiger partial charge >= 0.3 is 0 Å². The van der Waals surface area contributed by atoms with Crippen molar-refractivity contribution in [3.05, 3.63) is 77.4 Å². The minimum Gasteiger partial charge on any atom is -0.496 e. The number of nitrogens with one attached hydrogen (secondary N) is 1. The lowest BCUT2D eigenvalue weighted by molar-refractivity contribution is -0.120. The molecule has 0 bridgehead atoms. The summed E-state index contributed by atoms with van der Waals surface area (Å²) in [6.45, 7) is 9.78. The first-order valence-electron chi connectivity index (χ1n) is 11.8. The van der Waals surface area contributed by atoms with Crippen LogP contribution in [0.3, 0.4) is 0 Å². The highest BCUT2D eigenvalue weighted by Gasteiger charge is 2.31. The normalized spacial score (nSPS) is 14.7. The molecule has 0 saturated carbocycles. The van der Waals surface area contributed by atoms with Gasteiger partial charge in [-0.1, -0.05) is 55.5 Å². The number of ether oxygens (including phenoxy) is 1. The van der Waals surface area contributed by atoms with E-state index in [0.29, 0.717) is 0 Å². The number of carbonyl (C=O) groups is 1. The largest absolute Gasteiger partial charge is 0.496 e. The SMILES string of the molecule is CCCN1c2cc(OC)c(/C=N\NC(=O)Cc3cccc4ccccc34)cc2C(C)=CC1(C)C. The molecule has 0 radical (unpaired) electrons. The van der Waals surface area contributed by atoms with Gasteiger partial charge in [-0.25, -0.2) is 5.43 Å². The van der Waals surface area contributed by atoms with Gasteiger partial charge < -0.3 is 9.64 Å². The van der Waals surface area contributed by atoms with Gasteiger partial charge in [0, 0.05) is 29.4 Å². The van der Waals surface area contributed by atoms with E-state index in [9.17, 15) is 4.79 Å². The summed E-state index contributed by atoms with van der Waals surface area (Å²) in [5.41, 5.74) is 7.98. The highest BCUT2D eigenvalue weighted by atomic mass is 16.5. The van der Waals surface area contributed by atoms with E-state index in [4.69, 9.17) is 4.74 Å². The monoisotopic (exact) mass is 455 g/mol. The quantitative estimate of drug-likeness (QED) is 0.354. The van der Waals surface area contributed by atoms with Crippen LogP contribution < -0.4 is 15.1 Å². The third kappa shape index (κ3) is 4.69. The van der Waals surface area contributed by atoms with Crippen LogP contribution in [0.1, 0.15) is 50.8 Å². The van der Waals surface area contributed by atoms with Crippen molar-refractivity contribution in [1.82, 2.24) is 5.43 Å². The molecule has 5 heteroatoms. The number of hydrogen-bond donors (Lipinski definition) is 1. The Bertz CT molecular complexity index is 1270. The average Bonchev–Trinajstić information content (AvgIpc) is 2.81. The Kier molecular flexibility index (Phi) is 6.73. The van der Waals surface area contributed by atoms with Crippen LogP contribution >= 0.6 is 0 Å². The third-order valence-electron chi connectivity index (χ3n) is 6.40. The minimum absolute atomic E-state index is 0.0662.